The highest BCUT2D eigenvalue weighted by atomic mass is 16.5. The first-order chi connectivity index (χ1) is 14.0. The first kappa shape index (κ1) is 19.9. The number of amides is 2. The Morgan fingerprint density at radius 3 is 2.24 bits per heavy atom. The molecule has 2 aromatic carbocycles. The molecule has 7 nitrogen and oxygen atoms in total. The van der Waals surface area contributed by atoms with Gasteiger partial charge in [-0.3, -0.25) is 14.6 Å². The summed E-state index contributed by atoms with van der Waals surface area (Å²) in [6, 6.07) is 14.0. The molecule has 2 amide bonds. The number of hydrogen-bond acceptors (Lipinski definition) is 5. The average Bonchev–Trinajstić information content (AvgIpc) is 2.74. The quantitative estimate of drug-likeness (QED) is 0.665. The van der Waals surface area contributed by atoms with E-state index in [1.807, 2.05) is 25.1 Å². The molecule has 0 bridgehead atoms. The fraction of sp³-hybridized carbons (Fsp3) is 0.136. The van der Waals surface area contributed by atoms with Crippen molar-refractivity contribution in [3.63, 3.8) is 0 Å². The lowest BCUT2D eigenvalue weighted by molar-refractivity contribution is 0.102. The lowest BCUT2D eigenvalue weighted by Gasteiger charge is -2.12. The molecule has 0 aliphatic heterocycles. The largest absolute Gasteiger partial charge is 0.497 e. The summed E-state index contributed by atoms with van der Waals surface area (Å²) in [6.07, 6.45) is 2.81. The number of aromatic nitrogens is 1. The Kier molecular flexibility index (Phi) is 6.09. The smallest absolute Gasteiger partial charge is 0.257 e. The van der Waals surface area contributed by atoms with Gasteiger partial charge in [-0.25, -0.2) is 0 Å². The lowest BCUT2D eigenvalue weighted by Crippen LogP contribution is -2.16. The minimum absolute atomic E-state index is 0.250. The Morgan fingerprint density at radius 1 is 0.862 bits per heavy atom. The molecule has 3 aromatic rings. The van der Waals surface area contributed by atoms with Crippen LogP contribution in [0.4, 0.5) is 11.4 Å². The highest BCUT2D eigenvalue weighted by molar-refractivity contribution is 6.08. The molecule has 0 saturated carbocycles. The van der Waals surface area contributed by atoms with Crippen molar-refractivity contribution in [2.24, 2.45) is 0 Å². The topological polar surface area (TPSA) is 89.5 Å². The van der Waals surface area contributed by atoms with Crippen molar-refractivity contribution in [1.29, 1.82) is 0 Å². The van der Waals surface area contributed by atoms with Crippen LogP contribution in [-0.2, 0) is 0 Å². The van der Waals surface area contributed by atoms with E-state index < -0.39 is 5.91 Å². The van der Waals surface area contributed by atoms with Gasteiger partial charge in [-0.2, -0.15) is 0 Å². The first-order valence-corrected chi connectivity index (χ1v) is 8.86. The second-order valence-electron chi connectivity index (χ2n) is 6.31. The Bertz CT molecular complexity index is 1050. The van der Waals surface area contributed by atoms with Crippen molar-refractivity contribution in [2.75, 3.05) is 24.9 Å². The third-order valence-electron chi connectivity index (χ3n) is 4.20. The van der Waals surface area contributed by atoms with Crippen LogP contribution in [0.3, 0.4) is 0 Å². The van der Waals surface area contributed by atoms with Crippen molar-refractivity contribution in [1.82, 2.24) is 4.98 Å². The van der Waals surface area contributed by atoms with Gasteiger partial charge in [0.15, 0.2) is 0 Å². The molecule has 0 aliphatic carbocycles. The number of rotatable bonds is 6. The van der Waals surface area contributed by atoms with Crippen LogP contribution in [0.1, 0.15) is 26.3 Å². The van der Waals surface area contributed by atoms with E-state index in [4.69, 9.17) is 9.47 Å². The number of ether oxygens (including phenoxy) is 2. The van der Waals surface area contributed by atoms with E-state index in [1.54, 1.807) is 31.4 Å². The van der Waals surface area contributed by atoms with Gasteiger partial charge >= 0.3 is 0 Å². The van der Waals surface area contributed by atoms with Crippen molar-refractivity contribution in [3.05, 3.63) is 77.6 Å². The Morgan fingerprint density at radius 2 is 1.59 bits per heavy atom. The van der Waals surface area contributed by atoms with E-state index in [1.165, 1.54) is 25.6 Å². The molecule has 0 fully saturated rings. The van der Waals surface area contributed by atoms with Crippen LogP contribution in [0.25, 0.3) is 0 Å². The van der Waals surface area contributed by atoms with Gasteiger partial charge in [0, 0.05) is 24.1 Å². The zero-order valence-corrected chi connectivity index (χ0v) is 16.4. The summed E-state index contributed by atoms with van der Waals surface area (Å²) in [4.78, 5) is 29.2. The molecule has 7 heteroatoms. The minimum Gasteiger partial charge on any atom is -0.497 e. The molecular formula is C22H21N3O4. The predicted molar refractivity (Wildman–Crippen MR) is 111 cm³/mol. The zero-order valence-electron chi connectivity index (χ0n) is 16.4. The number of hydrogen-bond donors (Lipinski definition) is 2. The van der Waals surface area contributed by atoms with Gasteiger partial charge in [0.05, 0.1) is 31.0 Å². The maximum absolute atomic E-state index is 12.6. The van der Waals surface area contributed by atoms with Crippen LogP contribution in [0.2, 0.25) is 0 Å². The summed E-state index contributed by atoms with van der Waals surface area (Å²) < 4.78 is 10.4. The molecule has 148 valence electrons. The summed E-state index contributed by atoms with van der Waals surface area (Å²) in [5, 5.41) is 5.56. The van der Waals surface area contributed by atoms with Gasteiger partial charge < -0.3 is 20.1 Å². The van der Waals surface area contributed by atoms with E-state index in [0.717, 1.165) is 5.56 Å². The van der Waals surface area contributed by atoms with Gasteiger partial charge in [0.1, 0.15) is 11.5 Å². The normalized spacial score (nSPS) is 10.2. The molecule has 3 rings (SSSR count). The third kappa shape index (κ3) is 4.90. The van der Waals surface area contributed by atoms with Crippen LogP contribution in [-0.4, -0.2) is 31.0 Å². The minimum atomic E-state index is -0.411. The van der Waals surface area contributed by atoms with Gasteiger partial charge in [-0.15, -0.1) is 0 Å². The van der Waals surface area contributed by atoms with E-state index in [2.05, 4.69) is 15.6 Å². The molecule has 0 aliphatic rings. The molecular weight excluding hydrogens is 370 g/mol. The maximum atomic E-state index is 12.6. The van der Waals surface area contributed by atoms with E-state index in [-0.39, 0.29) is 17.0 Å². The molecule has 29 heavy (non-hydrogen) atoms. The van der Waals surface area contributed by atoms with Crippen LogP contribution >= 0.6 is 0 Å². The standard InChI is InChI=1S/C22H21N3O4/c1-14-5-4-6-17(9-14)24-21(26)15-10-16(13-23-12-15)22(27)25-19-8-7-18(28-2)11-20(19)29-3/h4-13H,1-3H3,(H,24,26)(H,25,27). The van der Waals surface area contributed by atoms with Crippen LogP contribution < -0.4 is 20.1 Å². The zero-order chi connectivity index (χ0) is 20.8. The number of benzene rings is 2. The van der Waals surface area contributed by atoms with Gasteiger partial charge in [0.2, 0.25) is 0 Å². The average molecular weight is 391 g/mol. The van der Waals surface area contributed by atoms with Crippen LogP contribution in [0.15, 0.2) is 60.9 Å². The number of carbonyl (C=O) groups is 2. The Hall–Kier alpha value is -3.87. The molecule has 0 saturated heterocycles. The number of pyridine rings is 1. The number of anilines is 2. The monoisotopic (exact) mass is 391 g/mol. The predicted octanol–water partition coefficient (Wildman–Crippen LogP) is 3.91. The molecule has 2 N–H and O–H groups in total. The molecule has 1 aromatic heterocycles. The number of nitrogens with zero attached hydrogens (tertiary/aromatic N) is 1. The van der Waals surface area contributed by atoms with E-state index in [0.29, 0.717) is 22.9 Å². The summed E-state index contributed by atoms with van der Waals surface area (Å²) in [5.74, 6) is 0.307. The van der Waals surface area contributed by atoms with Crippen LogP contribution in [0, 0.1) is 6.92 Å². The summed E-state index contributed by atoms with van der Waals surface area (Å²) >= 11 is 0. The number of nitrogens with one attached hydrogen (secondary N) is 2. The molecule has 0 unspecified atom stereocenters. The van der Waals surface area contributed by atoms with Crippen molar-refractivity contribution in [3.8, 4) is 11.5 Å². The SMILES string of the molecule is COc1ccc(NC(=O)c2cncc(C(=O)Nc3cccc(C)c3)c2)c(OC)c1. The Labute approximate surface area is 168 Å². The van der Waals surface area contributed by atoms with E-state index >= 15 is 0 Å². The number of methoxy groups -OCH3 is 2. The molecule has 0 atom stereocenters. The van der Waals surface area contributed by atoms with E-state index in [9.17, 15) is 9.59 Å². The fourth-order valence-corrected chi connectivity index (χ4v) is 2.71. The molecule has 0 radical (unpaired) electrons. The highest BCUT2D eigenvalue weighted by Gasteiger charge is 2.14. The van der Waals surface area contributed by atoms with Gasteiger partial charge in [0.25, 0.3) is 11.8 Å². The first-order valence-electron chi connectivity index (χ1n) is 8.86. The highest BCUT2D eigenvalue weighted by Crippen LogP contribution is 2.29. The third-order valence-corrected chi connectivity index (χ3v) is 4.20. The van der Waals surface area contributed by atoms with Crippen LogP contribution in [0.5, 0.6) is 11.5 Å². The lowest BCUT2D eigenvalue weighted by atomic mass is 10.1. The molecule has 0 spiro atoms. The number of carbonyl (C=O) groups excluding carboxylic acids is 2. The Balaban J connectivity index is 1.76. The second kappa shape index (κ2) is 8.88. The summed E-state index contributed by atoms with van der Waals surface area (Å²) in [6.45, 7) is 1.94. The summed E-state index contributed by atoms with van der Waals surface area (Å²) in [5.41, 5.74) is 2.71. The molecule has 1 heterocycles. The number of aryl methyl sites for hydroxylation is 1. The second-order valence-corrected chi connectivity index (χ2v) is 6.31. The van der Waals surface area contributed by atoms with Crippen molar-refractivity contribution < 1.29 is 19.1 Å². The fourth-order valence-electron chi connectivity index (χ4n) is 2.71. The summed E-state index contributed by atoms with van der Waals surface area (Å²) in [7, 11) is 3.05. The van der Waals surface area contributed by atoms with Gasteiger partial charge in [-0.05, 0) is 42.8 Å². The van der Waals surface area contributed by atoms with Crippen molar-refractivity contribution in [2.45, 2.75) is 6.92 Å². The maximum Gasteiger partial charge on any atom is 0.257 e. The van der Waals surface area contributed by atoms with Gasteiger partial charge in [-0.1, -0.05) is 12.1 Å². The van der Waals surface area contributed by atoms with Crippen molar-refractivity contribution >= 4 is 23.2 Å².